The van der Waals surface area contributed by atoms with Crippen LogP contribution in [-0.2, 0) is 4.79 Å². The molecular formula is C10H21IN4O. The third-order valence-corrected chi connectivity index (χ3v) is 2.23. The molecule has 0 aromatic heterocycles. The van der Waals surface area contributed by atoms with Crippen molar-refractivity contribution in [3.05, 3.63) is 0 Å². The standard InChI is InChI=1S/C10H20N4O.HI/c1-3-12-10(11-2)14-7-6-13-9(15)8-4-5-8;/h8H,3-7H2,1-2H3,(H,13,15)(H2,11,12,14);1H. The van der Waals surface area contributed by atoms with Gasteiger partial charge in [-0.05, 0) is 19.8 Å². The van der Waals surface area contributed by atoms with E-state index in [1.165, 1.54) is 0 Å². The van der Waals surface area contributed by atoms with E-state index >= 15 is 0 Å². The summed E-state index contributed by atoms with van der Waals surface area (Å²) in [6.45, 7) is 4.22. The highest BCUT2D eigenvalue weighted by molar-refractivity contribution is 14.0. The van der Waals surface area contributed by atoms with E-state index in [4.69, 9.17) is 0 Å². The molecule has 0 aromatic carbocycles. The number of hydrogen-bond donors (Lipinski definition) is 3. The molecule has 16 heavy (non-hydrogen) atoms. The maximum atomic E-state index is 11.3. The van der Waals surface area contributed by atoms with Crippen molar-refractivity contribution in [2.45, 2.75) is 19.8 Å². The first-order valence-corrected chi connectivity index (χ1v) is 5.50. The predicted octanol–water partition coefficient (Wildman–Crippen LogP) is 0.315. The summed E-state index contributed by atoms with van der Waals surface area (Å²) >= 11 is 0. The summed E-state index contributed by atoms with van der Waals surface area (Å²) in [6, 6.07) is 0. The summed E-state index contributed by atoms with van der Waals surface area (Å²) < 4.78 is 0. The first-order chi connectivity index (χ1) is 7.27. The van der Waals surface area contributed by atoms with E-state index in [0.29, 0.717) is 13.1 Å². The molecular weight excluding hydrogens is 319 g/mol. The van der Waals surface area contributed by atoms with Crippen molar-refractivity contribution >= 4 is 35.8 Å². The van der Waals surface area contributed by atoms with Gasteiger partial charge in [-0.3, -0.25) is 9.79 Å². The van der Waals surface area contributed by atoms with Crippen molar-refractivity contribution in [1.82, 2.24) is 16.0 Å². The van der Waals surface area contributed by atoms with E-state index in [1.54, 1.807) is 7.05 Å². The van der Waals surface area contributed by atoms with Crippen LogP contribution in [0.2, 0.25) is 0 Å². The lowest BCUT2D eigenvalue weighted by molar-refractivity contribution is -0.122. The van der Waals surface area contributed by atoms with Crippen LogP contribution in [0.3, 0.4) is 0 Å². The van der Waals surface area contributed by atoms with Gasteiger partial charge in [-0.25, -0.2) is 0 Å². The van der Waals surface area contributed by atoms with Crippen molar-refractivity contribution in [2.24, 2.45) is 10.9 Å². The van der Waals surface area contributed by atoms with Crippen LogP contribution < -0.4 is 16.0 Å². The fourth-order valence-electron chi connectivity index (χ4n) is 1.24. The minimum atomic E-state index is 0. The molecule has 0 aromatic rings. The fraction of sp³-hybridized carbons (Fsp3) is 0.800. The molecule has 1 aliphatic carbocycles. The number of amides is 1. The Labute approximate surface area is 114 Å². The summed E-state index contributed by atoms with van der Waals surface area (Å²) in [5.74, 6) is 1.26. The molecule has 6 heteroatoms. The number of hydrogen-bond acceptors (Lipinski definition) is 2. The number of nitrogens with one attached hydrogen (secondary N) is 3. The van der Waals surface area contributed by atoms with Crippen LogP contribution in [0.15, 0.2) is 4.99 Å². The Kier molecular flexibility index (Phi) is 8.32. The highest BCUT2D eigenvalue weighted by atomic mass is 127. The smallest absolute Gasteiger partial charge is 0.223 e. The quantitative estimate of drug-likeness (QED) is 0.292. The van der Waals surface area contributed by atoms with Crippen molar-refractivity contribution < 1.29 is 4.79 Å². The summed E-state index contributed by atoms with van der Waals surface area (Å²) in [4.78, 5) is 15.3. The third kappa shape index (κ3) is 6.14. The largest absolute Gasteiger partial charge is 0.357 e. The van der Waals surface area contributed by atoms with E-state index in [9.17, 15) is 4.79 Å². The lowest BCUT2D eigenvalue weighted by Gasteiger charge is -2.10. The number of carbonyl (C=O) groups is 1. The lowest BCUT2D eigenvalue weighted by atomic mass is 10.4. The maximum absolute atomic E-state index is 11.3. The summed E-state index contributed by atoms with van der Waals surface area (Å²) in [7, 11) is 1.73. The van der Waals surface area contributed by atoms with Gasteiger partial charge < -0.3 is 16.0 Å². The molecule has 1 rings (SSSR count). The third-order valence-electron chi connectivity index (χ3n) is 2.23. The van der Waals surface area contributed by atoms with Gasteiger partial charge in [-0.2, -0.15) is 0 Å². The average molecular weight is 340 g/mol. The maximum Gasteiger partial charge on any atom is 0.223 e. The molecule has 0 spiro atoms. The summed E-state index contributed by atoms with van der Waals surface area (Å²) in [5, 5.41) is 9.07. The summed E-state index contributed by atoms with van der Waals surface area (Å²) in [6.07, 6.45) is 2.11. The van der Waals surface area contributed by atoms with Gasteiger partial charge in [0.2, 0.25) is 5.91 Å². The van der Waals surface area contributed by atoms with Crippen LogP contribution in [0, 0.1) is 5.92 Å². The average Bonchev–Trinajstić information content (AvgIpc) is 3.05. The van der Waals surface area contributed by atoms with E-state index in [0.717, 1.165) is 25.3 Å². The highest BCUT2D eigenvalue weighted by Gasteiger charge is 2.28. The van der Waals surface area contributed by atoms with Crippen LogP contribution in [0.25, 0.3) is 0 Å². The monoisotopic (exact) mass is 340 g/mol. The molecule has 1 fully saturated rings. The summed E-state index contributed by atoms with van der Waals surface area (Å²) in [5.41, 5.74) is 0. The molecule has 0 heterocycles. The molecule has 1 amide bonds. The first kappa shape index (κ1) is 15.5. The van der Waals surface area contributed by atoms with Crippen LogP contribution in [-0.4, -0.2) is 38.5 Å². The van der Waals surface area contributed by atoms with E-state index in [2.05, 4.69) is 20.9 Å². The van der Waals surface area contributed by atoms with Crippen molar-refractivity contribution in [3.63, 3.8) is 0 Å². The van der Waals surface area contributed by atoms with E-state index < -0.39 is 0 Å². The fourth-order valence-corrected chi connectivity index (χ4v) is 1.24. The number of guanidine groups is 1. The molecule has 1 saturated carbocycles. The van der Waals surface area contributed by atoms with Gasteiger partial charge >= 0.3 is 0 Å². The van der Waals surface area contributed by atoms with Gasteiger partial charge in [0, 0.05) is 32.6 Å². The van der Waals surface area contributed by atoms with Gasteiger partial charge in [-0.15, -0.1) is 24.0 Å². The van der Waals surface area contributed by atoms with Crippen LogP contribution in [0.1, 0.15) is 19.8 Å². The zero-order chi connectivity index (χ0) is 11.1. The Bertz CT molecular complexity index is 241. The number of aliphatic imine (C=N–C) groups is 1. The van der Waals surface area contributed by atoms with E-state index in [1.807, 2.05) is 6.92 Å². The zero-order valence-corrected chi connectivity index (χ0v) is 12.2. The molecule has 1 aliphatic rings. The van der Waals surface area contributed by atoms with Gasteiger partial charge in [0.1, 0.15) is 0 Å². The molecule has 0 radical (unpaired) electrons. The van der Waals surface area contributed by atoms with E-state index in [-0.39, 0.29) is 35.8 Å². The molecule has 94 valence electrons. The number of halogens is 1. The molecule has 0 unspecified atom stereocenters. The Morgan fingerprint density at radius 2 is 1.88 bits per heavy atom. The molecule has 0 atom stereocenters. The minimum Gasteiger partial charge on any atom is -0.357 e. The molecule has 5 nitrogen and oxygen atoms in total. The van der Waals surface area contributed by atoms with Crippen molar-refractivity contribution in [3.8, 4) is 0 Å². The van der Waals surface area contributed by atoms with Crippen LogP contribution >= 0.6 is 24.0 Å². The predicted molar refractivity (Wildman–Crippen MR) is 76.2 cm³/mol. The second-order valence-electron chi connectivity index (χ2n) is 3.59. The Balaban J connectivity index is 0.00000225. The Hall–Kier alpha value is -0.530. The van der Waals surface area contributed by atoms with Gasteiger partial charge in [0.05, 0.1) is 0 Å². The second-order valence-corrected chi connectivity index (χ2v) is 3.59. The molecule has 3 N–H and O–H groups in total. The normalized spacial score (nSPS) is 15.0. The van der Waals surface area contributed by atoms with Gasteiger partial charge in [-0.1, -0.05) is 0 Å². The van der Waals surface area contributed by atoms with Crippen molar-refractivity contribution in [2.75, 3.05) is 26.7 Å². The Morgan fingerprint density at radius 1 is 1.25 bits per heavy atom. The van der Waals surface area contributed by atoms with Crippen LogP contribution in [0.4, 0.5) is 0 Å². The first-order valence-electron chi connectivity index (χ1n) is 5.50. The van der Waals surface area contributed by atoms with Gasteiger partial charge in [0.25, 0.3) is 0 Å². The number of carbonyl (C=O) groups excluding carboxylic acids is 1. The zero-order valence-electron chi connectivity index (χ0n) is 9.88. The highest BCUT2D eigenvalue weighted by Crippen LogP contribution is 2.28. The lowest BCUT2D eigenvalue weighted by Crippen LogP contribution is -2.41. The number of nitrogens with zero attached hydrogens (tertiary/aromatic N) is 1. The minimum absolute atomic E-state index is 0. The number of rotatable bonds is 5. The SMILES string of the molecule is CCNC(=NC)NCCNC(=O)C1CC1.I. The molecule has 0 bridgehead atoms. The van der Waals surface area contributed by atoms with Gasteiger partial charge in [0.15, 0.2) is 5.96 Å². The second kappa shape index (κ2) is 8.60. The topological polar surface area (TPSA) is 65.5 Å². The molecule has 0 saturated heterocycles. The molecule has 0 aliphatic heterocycles. The van der Waals surface area contributed by atoms with Crippen LogP contribution in [0.5, 0.6) is 0 Å². The van der Waals surface area contributed by atoms with Crippen molar-refractivity contribution in [1.29, 1.82) is 0 Å². The Morgan fingerprint density at radius 3 is 2.38 bits per heavy atom.